The molecule has 0 aromatic carbocycles. The van der Waals surface area contributed by atoms with E-state index < -0.39 is 0 Å². The van der Waals surface area contributed by atoms with Gasteiger partial charge in [0, 0.05) is 12.7 Å². The molecule has 0 aliphatic heterocycles. The van der Waals surface area contributed by atoms with Crippen molar-refractivity contribution in [3.05, 3.63) is 23.9 Å². The summed E-state index contributed by atoms with van der Waals surface area (Å²) < 4.78 is 0. The van der Waals surface area contributed by atoms with Crippen LogP contribution in [-0.4, -0.2) is 7.05 Å². The first-order valence-corrected chi connectivity index (χ1v) is 3.34. The minimum absolute atomic E-state index is 1.07. The van der Waals surface area contributed by atoms with E-state index in [2.05, 4.69) is 18.3 Å². The Morgan fingerprint density at radius 3 is 2.56 bits per heavy atom. The van der Waals surface area contributed by atoms with Crippen molar-refractivity contribution in [3.8, 4) is 0 Å². The van der Waals surface area contributed by atoms with Gasteiger partial charge in [-0.25, -0.2) is 0 Å². The molecule has 1 nitrogen and oxygen atoms in total. The molecular formula is C8H15N. The average Bonchev–Trinajstić information content (AvgIpc) is 1.91. The SMILES string of the molecule is C/C=C\C=C(/CC)NC. The number of hydrogen-bond donors (Lipinski definition) is 1. The van der Waals surface area contributed by atoms with Gasteiger partial charge in [-0.3, -0.25) is 0 Å². The van der Waals surface area contributed by atoms with Crippen molar-refractivity contribution in [3.63, 3.8) is 0 Å². The standard InChI is InChI=1S/C8H15N/c1-4-6-7-8(5-2)9-3/h4,6-7,9H,5H2,1-3H3/b6-4-,8-7+. The highest BCUT2D eigenvalue weighted by atomic mass is 14.8. The van der Waals surface area contributed by atoms with E-state index in [0.717, 1.165) is 6.42 Å². The van der Waals surface area contributed by atoms with Crippen molar-refractivity contribution in [2.75, 3.05) is 7.05 Å². The van der Waals surface area contributed by atoms with Crippen molar-refractivity contribution in [1.82, 2.24) is 5.32 Å². The second kappa shape index (κ2) is 5.42. The Bertz CT molecular complexity index is 106. The summed E-state index contributed by atoms with van der Waals surface area (Å²) in [6.45, 7) is 4.14. The first-order chi connectivity index (χ1) is 4.35. The molecule has 0 amide bonds. The quantitative estimate of drug-likeness (QED) is 0.569. The Hall–Kier alpha value is -0.720. The predicted octanol–water partition coefficient (Wildman–Crippen LogP) is 2.08. The van der Waals surface area contributed by atoms with Gasteiger partial charge in [-0.15, -0.1) is 0 Å². The molecule has 0 rings (SSSR count). The molecule has 52 valence electrons. The van der Waals surface area contributed by atoms with Gasteiger partial charge >= 0.3 is 0 Å². The van der Waals surface area contributed by atoms with Crippen LogP contribution in [0.25, 0.3) is 0 Å². The van der Waals surface area contributed by atoms with Crippen LogP contribution in [0.4, 0.5) is 0 Å². The molecule has 1 N–H and O–H groups in total. The molecule has 0 unspecified atom stereocenters. The van der Waals surface area contributed by atoms with E-state index in [1.807, 2.05) is 26.1 Å². The topological polar surface area (TPSA) is 12.0 Å². The number of nitrogens with one attached hydrogen (secondary N) is 1. The fourth-order valence-corrected chi connectivity index (χ4v) is 0.590. The molecule has 0 heterocycles. The molecule has 0 spiro atoms. The van der Waals surface area contributed by atoms with E-state index in [4.69, 9.17) is 0 Å². The third-order valence-electron chi connectivity index (χ3n) is 1.19. The minimum Gasteiger partial charge on any atom is -0.391 e. The normalized spacial score (nSPS) is 12.6. The smallest absolute Gasteiger partial charge is 0.0101 e. The van der Waals surface area contributed by atoms with Gasteiger partial charge < -0.3 is 5.32 Å². The molecule has 0 aliphatic carbocycles. The average molecular weight is 125 g/mol. The second-order valence-electron chi connectivity index (χ2n) is 1.82. The van der Waals surface area contributed by atoms with Gasteiger partial charge in [-0.1, -0.05) is 19.1 Å². The summed E-state index contributed by atoms with van der Waals surface area (Å²) in [5.41, 5.74) is 1.27. The van der Waals surface area contributed by atoms with Crippen LogP contribution in [0.3, 0.4) is 0 Å². The molecule has 0 atom stereocenters. The van der Waals surface area contributed by atoms with E-state index >= 15 is 0 Å². The Balaban J connectivity index is 3.75. The first-order valence-electron chi connectivity index (χ1n) is 3.34. The van der Waals surface area contributed by atoms with Crippen molar-refractivity contribution in [1.29, 1.82) is 0 Å². The van der Waals surface area contributed by atoms with Gasteiger partial charge in [0.25, 0.3) is 0 Å². The zero-order chi connectivity index (χ0) is 7.11. The summed E-state index contributed by atoms with van der Waals surface area (Å²) in [5.74, 6) is 0. The largest absolute Gasteiger partial charge is 0.391 e. The zero-order valence-electron chi connectivity index (χ0n) is 6.44. The van der Waals surface area contributed by atoms with Crippen molar-refractivity contribution in [2.45, 2.75) is 20.3 Å². The van der Waals surface area contributed by atoms with Crippen LogP contribution in [0.15, 0.2) is 23.9 Å². The summed E-state index contributed by atoms with van der Waals surface area (Å²) in [6, 6.07) is 0. The van der Waals surface area contributed by atoms with Gasteiger partial charge in [0.05, 0.1) is 0 Å². The summed E-state index contributed by atoms with van der Waals surface area (Å²) in [7, 11) is 1.94. The van der Waals surface area contributed by atoms with Crippen LogP contribution >= 0.6 is 0 Å². The lowest BCUT2D eigenvalue weighted by molar-refractivity contribution is 0.901. The van der Waals surface area contributed by atoms with Crippen LogP contribution in [0.1, 0.15) is 20.3 Å². The third kappa shape index (κ3) is 3.83. The molecule has 0 aromatic heterocycles. The van der Waals surface area contributed by atoms with E-state index in [9.17, 15) is 0 Å². The lowest BCUT2D eigenvalue weighted by atomic mass is 10.3. The highest BCUT2D eigenvalue weighted by Crippen LogP contribution is 1.93. The molecular weight excluding hydrogens is 110 g/mol. The molecule has 0 fully saturated rings. The fourth-order valence-electron chi connectivity index (χ4n) is 0.590. The maximum Gasteiger partial charge on any atom is 0.0101 e. The van der Waals surface area contributed by atoms with Crippen molar-refractivity contribution in [2.24, 2.45) is 0 Å². The maximum atomic E-state index is 3.10. The van der Waals surface area contributed by atoms with Gasteiger partial charge in [-0.05, 0) is 19.4 Å². The van der Waals surface area contributed by atoms with Gasteiger partial charge in [0.1, 0.15) is 0 Å². The van der Waals surface area contributed by atoms with E-state index in [0.29, 0.717) is 0 Å². The van der Waals surface area contributed by atoms with E-state index in [1.165, 1.54) is 5.70 Å². The zero-order valence-corrected chi connectivity index (χ0v) is 6.44. The number of rotatable bonds is 3. The van der Waals surface area contributed by atoms with Gasteiger partial charge in [-0.2, -0.15) is 0 Å². The fraction of sp³-hybridized carbons (Fsp3) is 0.500. The lowest BCUT2D eigenvalue weighted by Crippen LogP contribution is -2.03. The second-order valence-corrected chi connectivity index (χ2v) is 1.82. The van der Waals surface area contributed by atoms with Crippen molar-refractivity contribution >= 4 is 0 Å². The highest BCUT2D eigenvalue weighted by Gasteiger charge is 1.81. The van der Waals surface area contributed by atoms with E-state index in [1.54, 1.807) is 0 Å². The Kier molecular flexibility index (Phi) is 4.98. The molecule has 0 aliphatic rings. The molecule has 0 saturated carbocycles. The van der Waals surface area contributed by atoms with Crippen molar-refractivity contribution < 1.29 is 0 Å². The van der Waals surface area contributed by atoms with Crippen LogP contribution < -0.4 is 5.32 Å². The number of allylic oxidation sites excluding steroid dienone is 4. The summed E-state index contributed by atoms with van der Waals surface area (Å²) >= 11 is 0. The van der Waals surface area contributed by atoms with Crippen LogP contribution in [0.2, 0.25) is 0 Å². The lowest BCUT2D eigenvalue weighted by Gasteiger charge is -1.98. The number of hydrogen-bond acceptors (Lipinski definition) is 1. The van der Waals surface area contributed by atoms with Gasteiger partial charge in [0.2, 0.25) is 0 Å². The van der Waals surface area contributed by atoms with Gasteiger partial charge in [0.15, 0.2) is 0 Å². The Morgan fingerprint density at radius 1 is 1.56 bits per heavy atom. The monoisotopic (exact) mass is 125 g/mol. The predicted molar refractivity (Wildman–Crippen MR) is 42.2 cm³/mol. The first kappa shape index (κ1) is 8.28. The molecule has 0 bridgehead atoms. The highest BCUT2D eigenvalue weighted by molar-refractivity contribution is 5.09. The molecule has 0 saturated heterocycles. The molecule has 1 heteroatoms. The molecule has 9 heavy (non-hydrogen) atoms. The third-order valence-corrected chi connectivity index (χ3v) is 1.19. The summed E-state index contributed by atoms with van der Waals surface area (Å²) in [5, 5.41) is 3.10. The van der Waals surface area contributed by atoms with Crippen LogP contribution in [0, 0.1) is 0 Å². The molecule has 0 aromatic rings. The Labute approximate surface area is 57.5 Å². The minimum atomic E-state index is 1.07. The van der Waals surface area contributed by atoms with Crippen LogP contribution in [0.5, 0.6) is 0 Å². The summed E-state index contributed by atoms with van der Waals surface area (Å²) in [6.07, 6.45) is 7.21. The summed E-state index contributed by atoms with van der Waals surface area (Å²) in [4.78, 5) is 0. The van der Waals surface area contributed by atoms with E-state index in [-0.39, 0.29) is 0 Å². The molecule has 0 radical (unpaired) electrons. The Morgan fingerprint density at radius 2 is 2.22 bits per heavy atom. The maximum absolute atomic E-state index is 3.10. The van der Waals surface area contributed by atoms with Crippen LogP contribution in [-0.2, 0) is 0 Å².